The molecule has 3 rings (SSSR count). The minimum absolute atomic E-state index is 0.301. The number of carbonyl (C=O) groups excluding carboxylic acids is 2. The second-order valence-corrected chi connectivity index (χ2v) is 7.89. The molecule has 160 valence electrons. The molecular formula is C23H22Cl2N4O2. The van der Waals surface area contributed by atoms with E-state index in [9.17, 15) is 9.59 Å². The predicted molar refractivity (Wildman–Crippen MR) is 124 cm³/mol. The fraction of sp³-hybridized carbons (Fsp3) is 0.174. The Morgan fingerprint density at radius 2 is 1.68 bits per heavy atom. The van der Waals surface area contributed by atoms with E-state index in [-0.39, 0.29) is 12.3 Å². The highest BCUT2D eigenvalue weighted by Crippen LogP contribution is 2.26. The molecule has 2 aromatic carbocycles. The number of hydrazone groups is 1. The molecule has 0 fully saturated rings. The van der Waals surface area contributed by atoms with Crippen LogP contribution in [-0.2, 0) is 16.1 Å². The van der Waals surface area contributed by atoms with Crippen molar-refractivity contribution in [2.24, 2.45) is 5.10 Å². The number of nitrogens with zero attached hydrogens (tertiary/aromatic N) is 2. The lowest BCUT2D eigenvalue weighted by Crippen LogP contribution is -2.29. The summed E-state index contributed by atoms with van der Waals surface area (Å²) in [5.41, 5.74) is 6.89. The molecule has 0 radical (unpaired) electrons. The van der Waals surface area contributed by atoms with Crippen LogP contribution >= 0.6 is 23.2 Å². The van der Waals surface area contributed by atoms with E-state index in [1.807, 2.05) is 66.9 Å². The zero-order chi connectivity index (χ0) is 22.4. The highest BCUT2D eigenvalue weighted by molar-refractivity contribution is 6.34. The summed E-state index contributed by atoms with van der Waals surface area (Å²) in [4.78, 5) is 23.9. The van der Waals surface area contributed by atoms with Gasteiger partial charge in [-0.25, -0.2) is 5.43 Å². The summed E-state index contributed by atoms with van der Waals surface area (Å²) >= 11 is 12.2. The van der Waals surface area contributed by atoms with E-state index in [1.54, 1.807) is 12.3 Å². The molecular weight excluding hydrogens is 435 g/mol. The lowest BCUT2D eigenvalue weighted by Gasteiger charge is -2.10. The van der Waals surface area contributed by atoms with E-state index in [0.717, 1.165) is 28.2 Å². The Morgan fingerprint density at radius 3 is 2.35 bits per heavy atom. The van der Waals surface area contributed by atoms with Crippen molar-refractivity contribution >= 4 is 41.2 Å². The Bertz CT molecular complexity index is 1100. The number of hydrogen-bond acceptors (Lipinski definition) is 3. The molecule has 0 atom stereocenters. The van der Waals surface area contributed by atoms with Gasteiger partial charge in [0.25, 0.3) is 0 Å². The van der Waals surface area contributed by atoms with Crippen molar-refractivity contribution in [3.8, 4) is 5.69 Å². The molecule has 2 N–H and O–H groups in total. The summed E-state index contributed by atoms with van der Waals surface area (Å²) in [6, 6.07) is 16.7. The molecule has 31 heavy (non-hydrogen) atoms. The molecule has 3 aromatic rings. The highest BCUT2D eigenvalue weighted by Gasteiger charge is 2.12. The first-order valence-electron chi connectivity index (χ1n) is 9.61. The van der Waals surface area contributed by atoms with E-state index in [4.69, 9.17) is 23.2 Å². The maximum Gasteiger partial charge on any atom is 0.249 e. The average molecular weight is 457 g/mol. The summed E-state index contributed by atoms with van der Waals surface area (Å²) < 4.78 is 2.00. The summed E-state index contributed by atoms with van der Waals surface area (Å²) in [5, 5.41) is 7.78. The maximum absolute atomic E-state index is 12.0. The van der Waals surface area contributed by atoms with E-state index < -0.39 is 5.91 Å². The van der Waals surface area contributed by atoms with Crippen molar-refractivity contribution in [2.75, 3.05) is 0 Å². The first-order valence-corrected chi connectivity index (χ1v) is 10.4. The van der Waals surface area contributed by atoms with Crippen molar-refractivity contribution < 1.29 is 9.59 Å². The van der Waals surface area contributed by atoms with Crippen molar-refractivity contribution in [1.29, 1.82) is 0 Å². The standard InChI is InChI=1S/C23H22Cl2N4O2/c1-15-8-18(16(2)29(15)21-10-19(24)9-20(25)11-21)14-27-28-23(31)12-22(30)26-13-17-6-4-3-5-7-17/h3-11,14H,12-13H2,1-2H3,(H,26,30)(H,28,31)/b27-14+. The van der Waals surface area contributed by atoms with Gasteiger partial charge in [0.2, 0.25) is 11.8 Å². The number of aromatic nitrogens is 1. The molecule has 0 saturated carbocycles. The number of hydrogen-bond donors (Lipinski definition) is 2. The molecule has 1 heterocycles. The third-order valence-electron chi connectivity index (χ3n) is 4.62. The normalized spacial score (nSPS) is 11.0. The summed E-state index contributed by atoms with van der Waals surface area (Å²) in [5.74, 6) is -0.857. The molecule has 2 amide bonds. The third-order valence-corrected chi connectivity index (χ3v) is 5.06. The Kier molecular flexibility index (Phi) is 7.50. The van der Waals surface area contributed by atoms with Gasteiger partial charge in [0.15, 0.2) is 0 Å². The van der Waals surface area contributed by atoms with Crippen LogP contribution in [0.25, 0.3) is 5.69 Å². The Balaban J connectivity index is 1.58. The van der Waals surface area contributed by atoms with Gasteiger partial charge < -0.3 is 9.88 Å². The number of carbonyl (C=O) groups is 2. The third kappa shape index (κ3) is 6.20. The molecule has 0 bridgehead atoms. The van der Waals surface area contributed by atoms with Gasteiger partial charge in [-0.05, 0) is 43.7 Å². The molecule has 0 aliphatic heterocycles. The van der Waals surface area contributed by atoms with E-state index in [2.05, 4.69) is 15.8 Å². The maximum atomic E-state index is 12.0. The van der Waals surface area contributed by atoms with Crippen molar-refractivity contribution in [1.82, 2.24) is 15.3 Å². The molecule has 6 nitrogen and oxygen atoms in total. The number of nitrogens with one attached hydrogen (secondary N) is 2. The van der Waals surface area contributed by atoms with Crippen molar-refractivity contribution in [3.05, 3.63) is 87.2 Å². The second-order valence-electron chi connectivity index (χ2n) is 7.02. The highest BCUT2D eigenvalue weighted by atomic mass is 35.5. The van der Waals surface area contributed by atoms with Gasteiger partial charge in [0, 0.05) is 39.2 Å². The van der Waals surface area contributed by atoms with Crippen LogP contribution in [0, 0.1) is 13.8 Å². The van der Waals surface area contributed by atoms with Crippen LogP contribution in [0.1, 0.15) is 28.9 Å². The fourth-order valence-corrected chi connectivity index (χ4v) is 3.72. The first kappa shape index (κ1) is 22.6. The fourth-order valence-electron chi connectivity index (χ4n) is 3.20. The van der Waals surface area contributed by atoms with Gasteiger partial charge in [0.05, 0.1) is 6.21 Å². The van der Waals surface area contributed by atoms with Gasteiger partial charge in [-0.1, -0.05) is 53.5 Å². The summed E-state index contributed by atoms with van der Waals surface area (Å²) in [6.07, 6.45) is 1.25. The van der Waals surface area contributed by atoms with E-state index in [1.165, 1.54) is 0 Å². The van der Waals surface area contributed by atoms with E-state index in [0.29, 0.717) is 16.6 Å². The van der Waals surface area contributed by atoms with Crippen molar-refractivity contribution in [2.45, 2.75) is 26.8 Å². The van der Waals surface area contributed by atoms with Crippen LogP contribution in [0.2, 0.25) is 10.0 Å². The molecule has 0 unspecified atom stereocenters. The number of amides is 2. The van der Waals surface area contributed by atoms with Gasteiger partial charge in [-0.15, -0.1) is 0 Å². The predicted octanol–water partition coefficient (Wildman–Crippen LogP) is 4.56. The lowest BCUT2D eigenvalue weighted by atomic mass is 10.2. The minimum atomic E-state index is -0.489. The monoisotopic (exact) mass is 456 g/mol. The molecule has 0 saturated heterocycles. The van der Waals surface area contributed by atoms with Gasteiger partial charge in [0.1, 0.15) is 6.42 Å². The molecule has 0 aliphatic carbocycles. The van der Waals surface area contributed by atoms with Crippen LogP contribution in [0.4, 0.5) is 0 Å². The zero-order valence-corrected chi connectivity index (χ0v) is 18.7. The smallest absolute Gasteiger partial charge is 0.249 e. The molecule has 1 aromatic heterocycles. The van der Waals surface area contributed by atoms with E-state index >= 15 is 0 Å². The Morgan fingerprint density at radius 1 is 1.00 bits per heavy atom. The van der Waals surface area contributed by atoms with Crippen LogP contribution < -0.4 is 10.7 Å². The number of halogens is 2. The van der Waals surface area contributed by atoms with Crippen molar-refractivity contribution in [3.63, 3.8) is 0 Å². The van der Waals surface area contributed by atoms with Crippen LogP contribution in [0.15, 0.2) is 59.7 Å². The first-order chi connectivity index (χ1) is 14.8. The van der Waals surface area contributed by atoms with Gasteiger partial charge in [-0.3, -0.25) is 9.59 Å². The summed E-state index contributed by atoms with van der Waals surface area (Å²) in [7, 11) is 0. The van der Waals surface area contributed by atoms with Crippen LogP contribution in [-0.4, -0.2) is 22.6 Å². The Hall–Kier alpha value is -3.09. The van der Waals surface area contributed by atoms with Gasteiger partial charge in [-0.2, -0.15) is 5.10 Å². The number of aryl methyl sites for hydroxylation is 1. The minimum Gasteiger partial charge on any atom is -0.352 e. The van der Waals surface area contributed by atoms with Gasteiger partial charge >= 0.3 is 0 Å². The number of benzene rings is 2. The van der Waals surface area contributed by atoms with Crippen LogP contribution in [0.3, 0.4) is 0 Å². The molecule has 8 heteroatoms. The largest absolute Gasteiger partial charge is 0.352 e. The average Bonchev–Trinajstić information content (AvgIpc) is 2.99. The lowest BCUT2D eigenvalue weighted by molar-refractivity contribution is -0.129. The SMILES string of the molecule is Cc1cc(/C=N/NC(=O)CC(=O)NCc2ccccc2)c(C)n1-c1cc(Cl)cc(Cl)c1. The quantitative estimate of drug-likeness (QED) is 0.310. The summed E-state index contributed by atoms with van der Waals surface area (Å²) in [6.45, 7) is 4.26. The second kappa shape index (κ2) is 10.3. The number of rotatable bonds is 7. The van der Waals surface area contributed by atoms with Crippen LogP contribution in [0.5, 0.6) is 0 Å². The molecule has 0 spiro atoms. The Labute approximate surface area is 190 Å². The topological polar surface area (TPSA) is 75.5 Å². The molecule has 0 aliphatic rings. The zero-order valence-electron chi connectivity index (χ0n) is 17.2.